The molecule has 29 heavy (non-hydrogen) atoms. The molecule has 0 fully saturated rings. The molecule has 0 heterocycles. The van der Waals surface area contributed by atoms with E-state index in [1.165, 1.54) is 0 Å². The maximum atomic E-state index is 12.6. The molecule has 1 atom stereocenters. The van der Waals surface area contributed by atoms with Crippen LogP contribution in [-0.4, -0.2) is 50.7 Å². The van der Waals surface area contributed by atoms with Crippen LogP contribution in [0.25, 0.3) is 0 Å². The predicted molar refractivity (Wildman–Crippen MR) is 78.3 cm³/mol. The van der Waals surface area contributed by atoms with Crippen molar-refractivity contribution < 1.29 is 65.9 Å². The van der Waals surface area contributed by atoms with E-state index in [1.54, 1.807) is 0 Å². The molecule has 0 bridgehead atoms. The van der Waals surface area contributed by atoms with Crippen molar-refractivity contribution >= 4 is 25.6 Å². The van der Waals surface area contributed by atoms with Crippen LogP contribution in [0.5, 0.6) is 0 Å². The second-order valence-electron chi connectivity index (χ2n) is 5.40. The summed E-state index contributed by atoms with van der Waals surface area (Å²) in [7, 11) is -13.8. The Hall–Kier alpha value is -1.52. The van der Waals surface area contributed by atoms with E-state index in [2.05, 4.69) is 11.3 Å². The molecule has 0 spiro atoms. The zero-order valence-electron chi connectivity index (χ0n) is 14.2. The van der Waals surface area contributed by atoms with E-state index < -0.39 is 78.4 Å². The molecular weight excluding hydrogens is 475 g/mol. The summed E-state index contributed by atoms with van der Waals surface area (Å²) in [5.41, 5.74) is -14.8. The smallest absolute Gasteiger partial charge is 0.459 e. The van der Waals surface area contributed by atoms with Gasteiger partial charge in [-0.3, -0.25) is 0 Å². The molecule has 0 aliphatic heterocycles. The maximum absolute atomic E-state index is 12.6. The minimum atomic E-state index is -6.90. The normalized spacial score (nSPS) is 15.3. The lowest BCUT2D eigenvalue weighted by Crippen LogP contribution is -2.45. The van der Waals surface area contributed by atoms with E-state index in [-0.39, 0.29) is 0 Å². The summed E-state index contributed by atoms with van der Waals surface area (Å²) in [5.74, 6) is -2.11. The molecule has 0 aromatic heterocycles. The van der Waals surface area contributed by atoms with Gasteiger partial charge in [-0.2, -0.15) is 39.5 Å². The number of rotatable bonds is 8. The Morgan fingerprint density at radius 3 is 1.52 bits per heavy atom. The number of carbonyl (C=O) groups excluding carboxylic acids is 1. The van der Waals surface area contributed by atoms with Gasteiger partial charge in [-0.15, -0.1) is 0 Å². The van der Waals surface area contributed by atoms with E-state index in [1.807, 2.05) is 0 Å². The molecule has 1 unspecified atom stereocenters. The number of carbonyl (C=O) groups is 1. The van der Waals surface area contributed by atoms with Gasteiger partial charge < -0.3 is 4.74 Å². The second-order valence-corrected chi connectivity index (χ2v) is 9.94. The maximum Gasteiger partial charge on any atom is 0.498 e. The quantitative estimate of drug-likeness (QED) is 0.295. The van der Waals surface area contributed by atoms with Crippen molar-refractivity contribution in [2.45, 2.75) is 54.1 Å². The first-order valence-electron chi connectivity index (χ1n) is 7.18. The Morgan fingerprint density at radius 2 is 1.24 bits per heavy atom. The minimum Gasteiger partial charge on any atom is -0.459 e. The zero-order chi connectivity index (χ0) is 23.6. The molecular formula is C12H13F9O6S2. The van der Waals surface area contributed by atoms with Crippen molar-refractivity contribution in [3.8, 4) is 0 Å². The van der Waals surface area contributed by atoms with Crippen molar-refractivity contribution in [2.24, 2.45) is 0 Å². The fourth-order valence-corrected chi connectivity index (χ4v) is 5.26. The molecule has 17 heteroatoms. The molecule has 0 saturated carbocycles. The molecule has 172 valence electrons. The summed E-state index contributed by atoms with van der Waals surface area (Å²) in [4.78, 5) is 11.3. The van der Waals surface area contributed by atoms with Crippen molar-refractivity contribution in [3.63, 3.8) is 0 Å². The van der Waals surface area contributed by atoms with Crippen LogP contribution in [0.3, 0.4) is 0 Å². The lowest BCUT2D eigenvalue weighted by Gasteiger charge is -2.23. The number of hydrogen-bond donors (Lipinski definition) is 0. The van der Waals surface area contributed by atoms with Crippen LogP contribution in [0.15, 0.2) is 12.2 Å². The Labute approximate surface area is 158 Å². The summed E-state index contributed by atoms with van der Waals surface area (Å²) in [6.45, 7) is 3.45. The fourth-order valence-electron chi connectivity index (χ4n) is 1.78. The number of alkyl halides is 9. The molecule has 0 aromatic carbocycles. The van der Waals surface area contributed by atoms with Crippen LogP contribution in [-0.2, 0) is 29.2 Å². The summed E-state index contributed by atoms with van der Waals surface area (Å²) in [6.07, 6.45) is -10.6. The topological polar surface area (TPSA) is 94.6 Å². The van der Waals surface area contributed by atoms with Gasteiger partial charge in [-0.05, 0) is 19.3 Å². The molecule has 0 N–H and O–H groups in total. The summed E-state index contributed by atoms with van der Waals surface area (Å²) < 4.78 is 158. The van der Waals surface area contributed by atoms with Crippen molar-refractivity contribution in [2.75, 3.05) is 0 Å². The van der Waals surface area contributed by atoms with Crippen LogP contribution >= 0.6 is 0 Å². The largest absolute Gasteiger partial charge is 0.498 e. The van der Waals surface area contributed by atoms with Crippen molar-refractivity contribution in [1.29, 1.82) is 0 Å². The van der Waals surface area contributed by atoms with Gasteiger partial charge in [0.2, 0.25) is 0 Å². The van der Waals surface area contributed by atoms with E-state index in [0.717, 1.165) is 6.92 Å². The summed E-state index contributed by atoms with van der Waals surface area (Å²) in [5, 5.41) is 0. The number of halogens is 9. The highest BCUT2D eigenvalue weighted by Gasteiger charge is 2.62. The number of esters is 1. The fraction of sp³-hybridized carbons (Fsp3) is 0.750. The molecule has 0 amide bonds. The Bertz CT molecular complexity index is 777. The molecule has 0 saturated heterocycles. The van der Waals surface area contributed by atoms with Crippen LogP contribution in [0.2, 0.25) is 0 Å². The van der Waals surface area contributed by atoms with Crippen LogP contribution in [0, 0.1) is 0 Å². The van der Waals surface area contributed by atoms with Gasteiger partial charge in [0.05, 0.1) is 0 Å². The van der Waals surface area contributed by atoms with Crippen LogP contribution in [0.1, 0.15) is 26.2 Å². The first-order valence-corrected chi connectivity index (χ1v) is 10.3. The molecule has 0 rings (SSSR count). The Kier molecular flexibility index (Phi) is 8.23. The van der Waals surface area contributed by atoms with E-state index in [0.29, 0.717) is 0 Å². The highest BCUT2D eigenvalue weighted by Crippen LogP contribution is 2.38. The Balaban J connectivity index is 5.80. The predicted octanol–water partition coefficient (Wildman–Crippen LogP) is 3.40. The van der Waals surface area contributed by atoms with Gasteiger partial charge in [-0.25, -0.2) is 21.6 Å². The van der Waals surface area contributed by atoms with Gasteiger partial charge in [0.1, 0.15) is 11.7 Å². The Morgan fingerprint density at radius 1 is 0.862 bits per heavy atom. The van der Waals surface area contributed by atoms with Gasteiger partial charge in [-0.1, -0.05) is 13.5 Å². The minimum absolute atomic E-state index is 0.484. The standard InChI is InChI=1S/C12H13F9O6S2/c1-3-7(27-9(22)6(2)10(13,14)15)4-5-8(28(23,24)11(16,17)18)29(25,26)12(19,20)21/h7-8H,2-5H2,1H3. The number of ether oxygens (including phenoxy) is 1. The van der Waals surface area contributed by atoms with Crippen LogP contribution in [0.4, 0.5) is 39.5 Å². The highest BCUT2D eigenvalue weighted by molar-refractivity contribution is 8.09. The third-order valence-electron chi connectivity index (χ3n) is 3.38. The van der Waals surface area contributed by atoms with Gasteiger partial charge >= 0.3 is 23.2 Å². The second kappa shape index (κ2) is 8.69. The van der Waals surface area contributed by atoms with E-state index >= 15 is 0 Å². The summed E-state index contributed by atoms with van der Waals surface area (Å²) in [6, 6.07) is 0. The molecule has 0 aliphatic rings. The average Bonchev–Trinajstić information content (AvgIpc) is 2.49. The number of hydrogen-bond acceptors (Lipinski definition) is 6. The van der Waals surface area contributed by atoms with Gasteiger partial charge in [0.25, 0.3) is 19.7 Å². The van der Waals surface area contributed by atoms with E-state index in [4.69, 9.17) is 0 Å². The molecule has 6 nitrogen and oxygen atoms in total. The van der Waals surface area contributed by atoms with Gasteiger partial charge in [0.15, 0.2) is 4.58 Å². The molecule has 0 aromatic rings. The lowest BCUT2D eigenvalue weighted by molar-refractivity contribution is -0.155. The zero-order valence-corrected chi connectivity index (χ0v) is 15.8. The molecule has 0 aliphatic carbocycles. The third-order valence-corrected chi connectivity index (χ3v) is 8.05. The van der Waals surface area contributed by atoms with Gasteiger partial charge in [0, 0.05) is 0 Å². The van der Waals surface area contributed by atoms with Crippen molar-refractivity contribution in [1.82, 2.24) is 0 Å². The monoisotopic (exact) mass is 488 g/mol. The highest BCUT2D eigenvalue weighted by atomic mass is 32.3. The van der Waals surface area contributed by atoms with E-state index in [9.17, 15) is 61.1 Å². The summed E-state index contributed by atoms with van der Waals surface area (Å²) >= 11 is 0. The number of sulfone groups is 2. The lowest BCUT2D eigenvalue weighted by atomic mass is 10.1. The van der Waals surface area contributed by atoms with Crippen molar-refractivity contribution in [3.05, 3.63) is 12.2 Å². The first kappa shape index (κ1) is 27.5. The molecule has 0 radical (unpaired) electrons. The average molecular weight is 488 g/mol. The first-order chi connectivity index (χ1) is 12.6. The van der Waals surface area contributed by atoms with Crippen LogP contribution < -0.4 is 0 Å². The SMILES string of the molecule is C=C(C(=O)OC(CC)CCC(S(=O)(=O)C(F)(F)F)S(=O)(=O)C(F)(F)F)C(F)(F)F. The third kappa shape index (κ3) is 6.48.